The maximum atomic E-state index is 13.2. The minimum absolute atomic E-state index is 0.0887. The van der Waals surface area contributed by atoms with E-state index in [2.05, 4.69) is 46.1 Å². The average molecular weight is 380 g/mol. The first-order valence-corrected chi connectivity index (χ1v) is 9.70. The van der Waals surface area contributed by atoms with Crippen molar-refractivity contribution in [2.24, 2.45) is 0 Å². The average Bonchev–Trinajstić information content (AvgIpc) is 3.09. The van der Waals surface area contributed by atoms with Gasteiger partial charge in [0.1, 0.15) is 0 Å². The molecule has 5 nitrogen and oxygen atoms in total. The quantitative estimate of drug-likeness (QED) is 0.741. The lowest BCUT2D eigenvalue weighted by Gasteiger charge is -2.20. The number of amides is 1. The summed E-state index contributed by atoms with van der Waals surface area (Å²) in [5, 5.41) is 9.69. The zero-order chi connectivity index (χ0) is 19.6. The van der Waals surface area contributed by atoms with Crippen LogP contribution in [-0.2, 0) is 0 Å². The summed E-state index contributed by atoms with van der Waals surface area (Å²) in [6, 6.07) is 13.0. The molecular weight excluding hydrogens is 356 g/mol. The number of aryl methyl sites for hydroxylation is 2. The van der Waals surface area contributed by atoms with Crippen LogP contribution in [0.2, 0.25) is 0 Å². The van der Waals surface area contributed by atoms with E-state index in [9.17, 15) is 4.79 Å². The fraction of sp³-hybridized carbons (Fsp3) is 0.286. The molecule has 1 amide bonds. The van der Waals surface area contributed by atoms with Crippen molar-refractivity contribution in [2.45, 2.75) is 13.8 Å². The van der Waals surface area contributed by atoms with E-state index in [4.69, 9.17) is 10.2 Å². The Morgan fingerprint density at radius 3 is 2.52 bits per heavy atom. The molecule has 0 unspecified atom stereocenters. The van der Waals surface area contributed by atoms with Crippen LogP contribution in [0.3, 0.4) is 0 Å². The number of carbonyl (C=O) groups excluding carboxylic acids is 1. The molecule has 0 saturated carbocycles. The number of rotatable bonds is 5. The highest BCUT2D eigenvalue weighted by atomic mass is 32.1. The van der Waals surface area contributed by atoms with Crippen molar-refractivity contribution in [1.29, 1.82) is 5.26 Å². The third-order valence-corrected chi connectivity index (χ3v) is 5.69. The first-order valence-electron chi connectivity index (χ1n) is 8.88. The zero-order valence-electron chi connectivity index (χ0n) is 16.0. The summed E-state index contributed by atoms with van der Waals surface area (Å²) in [5.41, 5.74) is 4.42. The van der Waals surface area contributed by atoms with E-state index in [0.717, 1.165) is 22.3 Å². The predicted molar refractivity (Wildman–Crippen MR) is 110 cm³/mol. The van der Waals surface area contributed by atoms with Crippen molar-refractivity contribution < 1.29 is 9.69 Å². The Kier molecular flexibility index (Phi) is 5.54. The van der Waals surface area contributed by atoms with Crippen molar-refractivity contribution in [1.82, 2.24) is 4.98 Å². The molecule has 0 aliphatic heterocycles. The molecule has 1 heterocycles. The molecular formula is C21H23N4OS+. The SMILES string of the molecule is Cc1ccc2sc(N(CC[NH+](C)C)C(=O)c3ccc(C#N)cc3)nc2c1C. The van der Waals surface area contributed by atoms with Gasteiger partial charge in [-0.05, 0) is 55.3 Å². The first-order chi connectivity index (χ1) is 12.9. The maximum absolute atomic E-state index is 13.2. The number of quaternary nitrogens is 1. The van der Waals surface area contributed by atoms with Crippen LogP contribution in [-0.4, -0.2) is 38.1 Å². The molecule has 0 bridgehead atoms. The molecule has 0 atom stereocenters. The number of aromatic nitrogens is 1. The molecule has 1 N–H and O–H groups in total. The minimum Gasteiger partial charge on any atom is -0.338 e. The van der Waals surface area contributed by atoms with Crippen LogP contribution in [0.4, 0.5) is 5.13 Å². The lowest BCUT2D eigenvalue weighted by molar-refractivity contribution is -0.856. The topological polar surface area (TPSA) is 61.4 Å². The molecule has 2 aromatic carbocycles. The number of hydrogen-bond acceptors (Lipinski definition) is 4. The van der Waals surface area contributed by atoms with E-state index >= 15 is 0 Å². The van der Waals surface area contributed by atoms with E-state index in [1.54, 1.807) is 40.5 Å². The van der Waals surface area contributed by atoms with Gasteiger partial charge in [-0.3, -0.25) is 9.69 Å². The molecule has 138 valence electrons. The molecule has 0 aliphatic carbocycles. The van der Waals surface area contributed by atoms with Crippen molar-refractivity contribution in [3.8, 4) is 6.07 Å². The van der Waals surface area contributed by atoms with E-state index in [1.165, 1.54) is 10.5 Å². The minimum atomic E-state index is -0.0887. The van der Waals surface area contributed by atoms with Crippen LogP contribution in [0.25, 0.3) is 10.2 Å². The van der Waals surface area contributed by atoms with Gasteiger partial charge in [0.2, 0.25) is 0 Å². The van der Waals surface area contributed by atoms with Gasteiger partial charge in [0.25, 0.3) is 5.91 Å². The van der Waals surface area contributed by atoms with Crippen LogP contribution in [0.5, 0.6) is 0 Å². The third-order valence-electron chi connectivity index (χ3n) is 4.65. The summed E-state index contributed by atoms with van der Waals surface area (Å²) in [5.74, 6) is -0.0887. The van der Waals surface area contributed by atoms with E-state index in [0.29, 0.717) is 22.8 Å². The number of fused-ring (bicyclic) bond motifs is 1. The van der Waals surface area contributed by atoms with Crippen molar-refractivity contribution >= 4 is 32.6 Å². The van der Waals surface area contributed by atoms with Gasteiger partial charge >= 0.3 is 0 Å². The van der Waals surface area contributed by atoms with E-state index in [-0.39, 0.29) is 5.91 Å². The molecule has 0 aliphatic rings. The number of nitrogens with one attached hydrogen (secondary N) is 1. The standard InChI is InChI=1S/C21H22N4OS/c1-14-5-10-18-19(15(14)2)23-21(27-18)25(12-11-24(3)4)20(26)17-8-6-16(13-22)7-9-17/h5-10H,11-12H2,1-4H3/p+1. The number of nitrogens with zero attached hydrogens (tertiary/aromatic N) is 3. The number of benzene rings is 2. The van der Waals surface area contributed by atoms with Gasteiger partial charge in [-0.2, -0.15) is 5.26 Å². The van der Waals surface area contributed by atoms with Crippen LogP contribution >= 0.6 is 11.3 Å². The van der Waals surface area contributed by atoms with Gasteiger partial charge in [-0.25, -0.2) is 4.98 Å². The normalized spacial score (nSPS) is 11.0. The Balaban J connectivity index is 2.01. The van der Waals surface area contributed by atoms with Crippen LogP contribution in [0.15, 0.2) is 36.4 Å². The fourth-order valence-electron chi connectivity index (χ4n) is 2.79. The van der Waals surface area contributed by atoms with Crippen molar-refractivity contribution in [3.05, 3.63) is 58.7 Å². The van der Waals surface area contributed by atoms with Crippen LogP contribution < -0.4 is 9.80 Å². The first kappa shape index (κ1) is 19.0. The monoisotopic (exact) mass is 379 g/mol. The molecule has 0 fully saturated rings. The lowest BCUT2D eigenvalue weighted by Crippen LogP contribution is -3.06. The van der Waals surface area contributed by atoms with E-state index in [1.807, 2.05) is 0 Å². The second kappa shape index (κ2) is 7.87. The van der Waals surface area contributed by atoms with Crippen LogP contribution in [0, 0.1) is 25.2 Å². The second-order valence-corrected chi connectivity index (χ2v) is 7.96. The Morgan fingerprint density at radius 1 is 1.19 bits per heavy atom. The van der Waals surface area contributed by atoms with Gasteiger partial charge < -0.3 is 4.90 Å². The Hall–Kier alpha value is -2.75. The smallest absolute Gasteiger partial charge is 0.260 e. The van der Waals surface area contributed by atoms with Gasteiger partial charge in [-0.1, -0.05) is 17.4 Å². The number of thiazole rings is 1. The summed E-state index contributed by atoms with van der Waals surface area (Å²) in [6.45, 7) is 5.54. The molecule has 1 aromatic heterocycles. The predicted octanol–water partition coefficient (Wildman–Crippen LogP) is 2.58. The van der Waals surface area contributed by atoms with Crippen molar-refractivity contribution in [2.75, 3.05) is 32.1 Å². The summed E-state index contributed by atoms with van der Waals surface area (Å²) >= 11 is 1.54. The van der Waals surface area contributed by atoms with Crippen LogP contribution in [0.1, 0.15) is 27.0 Å². The lowest BCUT2D eigenvalue weighted by atomic mass is 10.1. The summed E-state index contributed by atoms with van der Waals surface area (Å²) in [4.78, 5) is 21.0. The Labute approximate surface area is 163 Å². The maximum Gasteiger partial charge on any atom is 0.260 e. The Morgan fingerprint density at radius 2 is 1.89 bits per heavy atom. The molecule has 0 spiro atoms. The number of carbonyl (C=O) groups is 1. The third kappa shape index (κ3) is 4.00. The van der Waals surface area contributed by atoms with Crippen molar-refractivity contribution in [3.63, 3.8) is 0 Å². The summed E-state index contributed by atoms with van der Waals surface area (Å²) < 4.78 is 1.09. The summed E-state index contributed by atoms with van der Waals surface area (Å²) in [7, 11) is 4.13. The van der Waals surface area contributed by atoms with Gasteiger partial charge in [0.05, 0.1) is 49.0 Å². The second-order valence-electron chi connectivity index (χ2n) is 6.95. The molecule has 3 aromatic rings. The number of nitriles is 1. The molecule has 6 heteroatoms. The highest BCUT2D eigenvalue weighted by Gasteiger charge is 2.22. The molecule has 27 heavy (non-hydrogen) atoms. The van der Waals surface area contributed by atoms with Gasteiger partial charge in [0.15, 0.2) is 5.13 Å². The largest absolute Gasteiger partial charge is 0.338 e. The zero-order valence-corrected chi connectivity index (χ0v) is 16.9. The number of hydrogen-bond donors (Lipinski definition) is 1. The number of anilines is 1. The molecule has 0 radical (unpaired) electrons. The van der Waals surface area contributed by atoms with Gasteiger partial charge in [-0.15, -0.1) is 0 Å². The Bertz CT molecular complexity index is 1020. The van der Waals surface area contributed by atoms with Gasteiger partial charge in [0, 0.05) is 5.56 Å². The fourth-order valence-corrected chi connectivity index (χ4v) is 3.84. The highest BCUT2D eigenvalue weighted by molar-refractivity contribution is 7.22. The molecule has 0 saturated heterocycles. The number of likely N-dealkylation sites (N-methyl/N-ethyl adjacent to an activating group) is 1. The van der Waals surface area contributed by atoms with E-state index < -0.39 is 0 Å². The highest BCUT2D eigenvalue weighted by Crippen LogP contribution is 2.32. The summed E-state index contributed by atoms with van der Waals surface area (Å²) in [6.07, 6.45) is 0. The molecule has 3 rings (SSSR count).